The third-order valence-corrected chi connectivity index (χ3v) is 5.69. The molecule has 0 aromatic heterocycles. The van der Waals surface area contributed by atoms with E-state index in [1.165, 1.54) is 32.1 Å². The quantitative estimate of drug-likeness (QED) is 0.411. The SMILES string of the molecule is CC=C(CC(C(C)CC)C(C)(C)C)CC(C)(CC)CC. The van der Waals surface area contributed by atoms with E-state index in [1.54, 1.807) is 5.57 Å². The first-order valence-corrected chi connectivity index (χ1v) is 8.77. The molecule has 0 spiro atoms. The molecule has 0 saturated heterocycles. The van der Waals surface area contributed by atoms with Crippen LogP contribution in [0.3, 0.4) is 0 Å². The molecule has 0 aliphatic rings. The van der Waals surface area contributed by atoms with Crippen LogP contribution in [-0.2, 0) is 0 Å². The van der Waals surface area contributed by atoms with Gasteiger partial charge in [0.25, 0.3) is 0 Å². The highest BCUT2D eigenvalue weighted by Gasteiger charge is 2.31. The summed E-state index contributed by atoms with van der Waals surface area (Å²) in [6.07, 6.45) is 8.81. The van der Waals surface area contributed by atoms with Crippen molar-refractivity contribution in [2.24, 2.45) is 22.7 Å². The van der Waals surface area contributed by atoms with Gasteiger partial charge in [0.15, 0.2) is 0 Å². The van der Waals surface area contributed by atoms with Crippen LogP contribution in [0.4, 0.5) is 0 Å². The number of rotatable bonds is 8. The summed E-state index contributed by atoms with van der Waals surface area (Å²) >= 11 is 0. The minimum absolute atomic E-state index is 0.401. The summed E-state index contributed by atoms with van der Waals surface area (Å²) in [7, 11) is 0. The molecular weight excluding hydrogens is 240 g/mol. The van der Waals surface area contributed by atoms with Crippen LogP contribution in [0, 0.1) is 22.7 Å². The molecule has 0 aliphatic heterocycles. The van der Waals surface area contributed by atoms with Gasteiger partial charge in [-0.1, -0.05) is 86.3 Å². The van der Waals surface area contributed by atoms with Crippen LogP contribution in [0.2, 0.25) is 0 Å². The highest BCUT2D eigenvalue weighted by molar-refractivity contribution is 5.06. The van der Waals surface area contributed by atoms with Gasteiger partial charge in [-0.15, -0.1) is 0 Å². The fourth-order valence-electron chi connectivity index (χ4n) is 3.27. The molecular formula is C20H40. The van der Waals surface area contributed by atoms with Crippen molar-refractivity contribution in [2.75, 3.05) is 0 Å². The lowest BCUT2D eigenvalue weighted by atomic mass is 9.68. The highest BCUT2D eigenvalue weighted by Crippen LogP contribution is 2.42. The predicted molar refractivity (Wildman–Crippen MR) is 94.1 cm³/mol. The molecule has 0 aromatic rings. The lowest BCUT2D eigenvalue weighted by Crippen LogP contribution is -2.28. The molecule has 0 heteroatoms. The zero-order valence-corrected chi connectivity index (χ0v) is 15.8. The molecule has 120 valence electrons. The average molecular weight is 281 g/mol. The first-order valence-electron chi connectivity index (χ1n) is 8.77. The van der Waals surface area contributed by atoms with Crippen molar-refractivity contribution >= 4 is 0 Å². The second-order valence-electron chi connectivity index (χ2n) is 8.20. The van der Waals surface area contributed by atoms with E-state index in [4.69, 9.17) is 0 Å². The summed E-state index contributed by atoms with van der Waals surface area (Å²) in [6, 6.07) is 0. The van der Waals surface area contributed by atoms with Crippen LogP contribution in [0.15, 0.2) is 11.6 Å². The Labute approximate surface area is 129 Å². The van der Waals surface area contributed by atoms with E-state index in [0.717, 1.165) is 11.8 Å². The van der Waals surface area contributed by atoms with E-state index in [1.807, 2.05) is 0 Å². The van der Waals surface area contributed by atoms with E-state index < -0.39 is 0 Å². The van der Waals surface area contributed by atoms with Crippen LogP contribution in [-0.4, -0.2) is 0 Å². The molecule has 0 nitrogen and oxygen atoms in total. The van der Waals surface area contributed by atoms with Gasteiger partial charge in [0.2, 0.25) is 0 Å². The van der Waals surface area contributed by atoms with Crippen LogP contribution < -0.4 is 0 Å². The molecule has 2 unspecified atom stereocenters. The zero-order valence-electron chi connectivity index (χ0n) is 15.8. The van der Waals surface area contributed by atoms with Crippen molar-refractivity contribution < 1.29 is 0 Å². The fourth-order valence-corrected chi connectivity index (χ4v) is 3.27. The van der Waals surface area contributed by atoms with Gasteiger partial charge >= 0.3 is 0 Å². The van der Waals surface area contributed by atoms with Gasteiger partial charge in [0, 0.05) is 0 Å². The van der Waals surface area contributed by atoms with Gasteiger partial charge in [0.05, 0.1) is 0 Å². The maximum atomic E-state index is 2.45. The van der Waals surface area contributed by atoms with Crippen molar-refractivity contribution in [3.8, 4) is 0 Å². The van der Waals surface area contributed by atoms with Gasteiger partial charge < -0.3 is 0 Å². The number of hydrogen-bond acceptors (Lipinski definition) is 0. The van der Waals surface area contributed by atoms with E-state index in [9.17, 15) is 0 Å². The normalized spacial score (nSPS) is 17.1. The van der Waals surface area contributed by atoms with Gasteiger partial charge in [-0.05, 0) is 42.4 Å². The molecule has 0 rings (SSSR count). The number of allylic oxidation sites excluding steroid dienone is 2. The van der Waals surface area contributed by atoms with Gasteiger partial charge in [0.1, 0.15) is 0 Å². The van der Waals surface area contributed by atoms with Crippen molar-refractivity contribution in [2.45, 2.75) is 94.4 Å². The lowest BCUT2D eigenvalue weighted by molar-refractivity contribution is 0.158. The highest BCUT2D eigenvalue weighted by atomic mass is 14.4. The molecule has 0 N–H and O–H groups in total. The van der Waals surface area contributed by atoms with Gasteiger partial charge in [-0.25, -0.2) is 0 Å². The van der Waals surface area contributed by atoms with Crippen LogP contribution in [0.25, 0.3) is 0 Å². The molecule has 0 saturated carbocycles. The Morgan fingerprint density at radius 1 is 1.00 bits per heavy atom. The molecule has 0 amide bonds. The Morgan fingerprint density at radius 3 is 1.80 bits per heavy atom. The third-order valence-electron chi connectivity index (χ3n) is 5.69. The summed E-state index contributed by atoms with van der Waals surface area (Å²) in [6.45, 7) is 21.4. The Hall–Kier alpha value is -0.260. The maximum absolute atomic E-state index is 2.45. The fraction of sp³-hybridized carbons (Fsp3) is 0.900. The molecule has 2 atom stereocenters. The predicted octanol–water partition coefficient (Wildman–Crippen LogP) is 7.25. The molecule has 0 fully saturated rings. The third kappa shape index (κ3) is 6.02. The molecule has 0 aliphatic carbocycles. The Kier molecular flexibility index (Phi) is 8.14. The monoisotopic (exact) mass is 280 g/mol. The van der Waals surface area contributed by atoms with Crippen LogP contribution in [0.5, 0.6) is 0 Å². The summed E-state index contributed by atoms with van der Waals surface area (Å²) in [5.41, 5.74) is 2.56. The first kappa shape index (κ1) is 19.7. The number of hydrogen-bond donors (Lipinski definition) is 0. The molecule has 0 radical (unpaired) electrons. The summed E-state index contributed by atoms with van der Waals surface area (Å²) < 4.78 is 0. The topological polar surface area (TPSA) is 0 Å². The first-order chi connectivity index (χ1) is 9.13. The van der Waals surface area contributed by atoms with Crippen molar-refractivity contribution in [3.63, 3.8) is 0 Å². The van der Waals surface area contributed by atoms with E-state index in [0.29, 0.717) is 10.8 Å². The van der Waals surface area contributed by atoms with Crippen LogP contribution >= 0.6 is 0 Å². The second kappa shape index (κ2) is 8.25. The van der Waals surface area contributed by atoms with E-state index in [2.05, 4.69) is 68.4 Å². The van der Waals surface area contributed by atoms with Crippen molar-refractivity contribution in [1.82, 2.24) is 0 Å². The second-order valence-corrected chi connectivity index (χ2v) is 8.20. The van der Waals surface area contributed by atoms with Crippen molar-refractivity contribution in [3.05, 3.63) is 11.6 Å². The molecule has 0 heterocycles. The van der Waals surface area contributed by atoms with Crippen LogP contribution in [0.1, 0.15) is 94.4 Å². The minimum atomic E-state index is 0.401. The zero-order chi connectivity index (χ0) is 16.0. The molecule has 0 bridgehead atoms. The molecule has 0 aromatic carbocycles. The smallest absolute Gasteiger partial charge is 0.0266 e. The Balaban J connectivity index is 5.01. The van der Waals surface area contributed by atoms with Crippen molar-refractivity contribution in [1.29, 1.82) is 0 Å². The molecule has 20 heavy (non-hydrogen) atoms. The van der Waals surface area contributed by atoms with Gasteiger partial charge in [-0.2, -0.15) is 0 Å². The van der Waals surface area contributed by atoms with E-state index >= 15 is 0 Å². The Morgan fingerprint density at radius 2 is 1.50 bits per heavy atom. The summed E-state index contributed by atoms with van der Waals surface area (Å²) in [5.74, 6) is 1.59. The largest absolute Gasteiger partial charge is 0.0884 e. The van der Waals surface area contributed by atoms with Gasteiger partial charge in [-0.3, -0.25) is 0 Å². The standard InChI is InChI=1S/C20H40/c1-10-16(5)18(19(6,7)8)14-17(11-2)15-20(9,12-3)13-4/h11,16,18H,10,12-15H2,1-9H3. The Bertz CT molecular complexity index is 286. The summed E-state index contributed by atoms with van der Waals surface area (Å²) in [5, 5.41) is 0. The lowest BCUT2D eigenvalue weighted by Gasteiger charge is -2.38. The maximum Gasteiger partial charge on any atom is -0.0266 e. The van der Waals surface area contributed by atoms with E-state index in [-0.39, 0.29) is 0 Å². The minimum Gasteiger partial charge on any atom is -0.0884 e. The summed E-state index contributed by atoms with van der Waals surface area (Å²) in [4.78, 5) is 0. The average Bonchev–Trinajstić information content (AvgIpc) is 2.40.